The molecule has 0 saturated heterocycles. The number of thiophene rings is 1. The molecule has 32 heavy (non-hydrogen) atoms. The fourth-order valence-corrected chi connectivity index (χ4v) is 4.55. The van der Waals surface area contributed by atoms with Crippen molar-refractivity contribution in [3.05, 3.63) is 86.4 Å². The average Bonchev–Trinajstić information content (AvgIpc) is 3.20. The Hall–Kier alpha value is -2.84. The van der Waals surface area contributed by atoms with Gasteiger partial charge < -0.3 is 10.1 Å². The van der Waals surface area contributed by atoms with Gasteiger partial charge in [-0.3, -0.25) is 10.1 Å². The molecule has 1 aromatic heterocycles. The molecule has 0 aliphatic heterocycles. The van der Waals surface area contributed by atoms with Crippen LogP contribution in [0.2, 0.25) is 15.1 Å². The predicted molar refractivity (Wildman–Crippen MR) is 126 cm³/mol. The van der Waals surface area contributed by atoms with Gasteiger partial charge in [0.15, 0.2) is 5.75 Å². The quantitative estimate of drug-likeness (QED) is 0.295. The molecule has 0 fully saturated rings. The first-order valence-corrected chi connectivity index (χ1v) is 11.0. The van der Waals surface area contributed by atoms with Gasteiger partial charge in [-0.1, -0.05) is 46.9 Å². The Morgan fingerprint density at radius 3 is 2.38 bits per heavy atom. The van der Waals surface area contributed by atoms with Crippen LogP contribution in [0.25, 0.3) is 10.1 Å². The molecule has 4 aromatic rings. The minimum Gasteiger partial charge on any atom is -0.454 e. The van der Waals surface area contributed by atoms with Crippen molar-refractivity contribution in [3.63, 3.8) is 0 Å². The number of imide groups is 1. The SMILES string of the molecule is O=C(NC(=O)c1c(F)cccc1Cl)Nc1cc(Cl)c(Oc2cccc3sccc23)c(Cl)c1. The Balaban J connectivity index is 1.50. The lowest BCUT2D eigenvalue weighted by Gasteiger charge is -2.13. The first-order valence-electron chi connectivity index (χ1n) is 9.03. The number of nitrogens with one attached hydrogen (secondary N) is 2. The van der Waals surface area contributed by atoms with Crippen LogP contribution in [0.15, 0.2) is 60.0 Å². The smallest absolute Gasteiger partial charge is 0.326 e. The van der Waals surface area contributed by atoms with Gasteiger partial charge in [-0.15, -0.1) is 11.3 Å². The molecule has 0 aliphatic rings. The summed E-state index contributed by atoms with van der Waals surface area (Å²) in [5, 5.41) is 7.45. The first-order chi connectivity index (χ1) is 15.3. The van der Waals surface area contributed by atoms with Gasteiger partial charge in [-0.25, -0.2) is 9.18 Å². The van der Waals surface area contributed by atoms with E-state index in [9.17, 15) is 14.0 Å². The molecule has 1 heterocycles. The second kappa shape index (κ2) is 9.34. The van der Waals surface area contributed by atoms with E-state index in [-0.39, 0.29) is 26.5 Å². The summed E-state index contributed by atoms with van der Waals surface area (Å²) >= 11 is 20.1. The van der Waals surface area contributed by atoms with Crippen LogP contribution in [0.4, 0.5) is 14.9 Å². The third-order valence-electron chi connectivity index (χ3n) is 4.34. The zero-order valence-corrected chi connectivity index (χ0v) is 19.0. The molecule has 5 nitrogen and oxygen atoms in total. The minimum atomic E-state index is -0.994. The number of hydrogen-bond acceptors (Lipinski definition) is 4. The number of anilines is 1. The summed E-state index contributed by atoms with van der Waals surface area (Å²) in [4.78, 5) is 24.4. The van der Waals surface area contributed by atoms with Crippen molar-refractivity contribution in [1.82, 2.24) is 5.32 Å². The third kappa shape index (κ3) is 4.66. The van der Waals surface area contributed by atoms with Crippen LogP contribution in [0, 0.1) is 5.82 Å². The Morgan fingerprint density at radius 1 is 0.938 bits per heavy atom. The van der Waals surface area contributed by atoms with Crippen LogP contribution >= 0.6 is 46.1 Å². The Labute approximate surface area is 200 Å². The maximum atomic E-state index is 13.9. The van der Waals surface area contributed by atoms with Gasteiger partial charge in [-0.05, 0) is 47.8 Å². The molecule has 0 saturated carbocycles. The van der Waals surface area contributed by atoms with E-state index in [1.54, 1.807) is 17.4 Å². The molecule has 4 rings (SSSR count). The van der Waals surface area contributed by atoms with E-state index < -0.39 is 23.3 Å². The summed E-state index contributed by atoms with van der Waals surface area (Å²) in [5.41, 5.74) is -0.238. The Morgan fingerprint density at radius 2 is 1.66 bits per heavy atom. The van der Waals surface area contributed by atoms with E-state index in [2.05, 4.69) is 5.32 Å². The lowest BCUT2D eigenvalue weighted by Crippen LogP contribution is -2.35. The van der Waals surface area contributed by atoms with Gasteiger partial charge in [0, 0.05) is 15.8 Å². The number of fused-ring (bicyclic) bond motifs is 1. The van der Waals surface area contributed by atoms with Crippen molar-refractivity contribution >= 4 is 73.9 Å². The van der Waals surface area contributed by atoms with Crippen molar-refractivity contribution in [3.8, 4) is 11.5 Å². The highest BCUT2D eigenvalue weighted by Gasteiger charge is 2.19. The summed E-state index contributed by atoms with van der Waals surface area (Å²) in [5.74, 6) is -1.05. The topological polar surface area (TPSA) is 67.4 Å². The second-order valence-electron chi connectivity index (χ2n) is 6.46. The molecule has 10 heteroatoms. The Bertz CT molecular complexity index is 1320. The summed E-state index contributed by atoms with van der Waals surface area (Å²) in [6, 6.07) is 13.2. The normalized spacial score (nSPS) is 10.8. The summed E-state index contributed by atoms with van der Waals surface area (Å²) < 4.78 is 20.8. The first kappa shape index (κ1) is 22.4. The summed E-state index contributed by atoms with van der Waals surface area (Å²) in [7, 11) is 0. The van der Waals surface area contributed by atoms with E-state index in [4.69, 9.17) is 39.5 Å². The van der Waals surface area contributed by atoms with Crippen molar-refractivity contribution in [2.24, 2.45) is 0 Å². The van der Waals surface area contributed by atoms with Gasteiger partial charge in [0.1, 0.15) is 11.6 Å². The fourth-order valence-electron chi connectivity index (χ4n) is 2.94. The van der Waals surface area contributed by atoms with Crippen molar-refractivity contribution in [2.75, 3.05) is 5.32 Å². The highest BCUT2D eigenvalue weighted by molar-refractivity contribution is 7.17. The molecule has 0 spiro atoms. The highest BCUT2D eigenvalue weighted by atomic mass is 35.5. The molecule has 0 unspecified atom stereocenters. The standard InChI is InChI=1S/C22H12Cl3FN2O3S/c23-13-3-1-4-16(26)19(13)21(29)28-22(30)27-11-9-14(24)20(15(25)10-11)31-17-5-2-6-18-12(17)7-8-32-18/h1-10H,(H2,27,28,29,30). The number of benzene rings is 3. The molecule has 3 aromatic carbocycles. The van der Waals surface area contributed by atoms with Crippen LogP contribution in [-0.2, 0) is 0 Å². The maximum absolute atomic E-state index is 13.9. The fraction of sp³-hybridized carbons (Fsp3) is 0. The predicted octanol–water partition coefficient (Wildman–Crippen LogP) is 7.75. The number of ether oxygens (including phenoxy) is 1. The minimum absolute atomic E-state index is 0.122. The second-order valence-corrected chi connectivity index (χ2v) is 8.63. The summed E-state index contributed by atoms with van der Waals surface area (Å²) in [6.07, 6.45) is 0. The molecular weight excluding hydrogens is 498 g/mol. The van der Waals surface area contributed by atoms with Gasteiger partial charge >= 0.3 is 6.03 Å². The molecule has 162 valence electrons. The van der Waals surface area contributed by atoms with E-state index in [1.165, 1.54) is 24.3 Å². The molecule has 2 N–H and O–H groups in total. The number of urea groups is 1. The monoisotopic (exact) mass is 508 g/mol. The number of rotatable bonds is 4. The molecule has 0 bridgehead atoms. The van der Waals surface area contributed by atoms with E-state index >= 15 is 0 Å². The van der Waals surface area contributed by atoms with Gasteiger partial charge in [0.25, 0.3) is 5.91 Å². The van der Waals surface area contributed by atoms with Gasteiger partial charge in [-0.2, -0.15) is 0 Å². The average molecular weight is 510 g/mol. The van der Waals surface area contributed by atoms with E-state index in [1.807, 2.05) is 28.9 Å². The van der Waals surface area contributed by atoms with Crippen LogP contribution in [0.1, 0.15) is 10.4 Å². The Kier molecular flexibility index (Phi) is 6.53. The van der Waals surface area contributed by atoms with E-state index in [0.29, 0.717) is 5.75 Å². The van der Waals surface area contributed by atoms with Crippen molar-refractivity contribution in [1.29, 1.82) is 0 Å². The van der Waals surface area contributed by atoms with Crippen LogP contribution in [0.3, 0.4) is 0 Å². The van der Waals surface area contributed by atoms with Crippen LogP contribution in [-0.4, -0.2) is 11.9 Å². The molecule has 0 atom stereocenters. The number of hydrogen-bond donors (Lipinski definition) is 2. The van der Waals surface area contributed by atoms with Crippen LogP contribution in [0.5, 0.6) is 11.5 Å². The number of carbonyl (C=O) groups excluding carboxylic acids is 2. The van der Waals surface area contributed by atoms with E-state index in [0.717, 1.165) is 16.2 Å². The number of carbonyl (C=O) groups is 2. The van der Waals surface area contributed by atoms with Gasteiger partial charge in [0.2, 0.25) is 0 Å². The largest absolute Gasteiger partial charge is 0.454 e. The molecule has 0 aliphatic carbocycles. The van der Waals surface area contributed by atoms with Crippen molar-refractivity contribution < 1.29 is 18.7 Å². The maximum Gasteiger partial charge on any atom is 0.326 e. The lowest BCUT2D eigenvalue weighted by molar-refractivity contribution is 0.0963. The highest BCUT2D eigenvalue weighted by Crippen LogP contribution is 2.41. The third-order valence-corrected chi connectivity index (χ3v) is 6.10. The molecule has 3 amide bonds. The molecule has 0 radical (unpaired) electrons. The lowest BCUT2D eigenvalue weighted by atomic mass is 10.2. The zero-order chi connectivity index (χ0) is 22.8. The number of halogens is 4. The molecular formula is C22H12Cl3FN2O3S. The van der Waals surface area contributed by atoms with Gasteiger partial charge in [0.05, 0.1) is 20.6 Å². The summed E-state index contributed by atoms with van der Waals surface area (Å²) in [6.45, 7) is 0. The van der Waals surface area contributed by atoms with Crippen molar-refractivity contribution in [2.45, 2.75) is 0 Å². The van der Waals surface area contributed by atoms with Crippen LogP contribution < -0.4 is 15.4 Å². The zero-order valence-electron chi connectivity index (χ0n) is 15.9. The number of amides is 3.